The maximum Gasteiger partial charge on any atom is 0.257 e. The van der Waals surface area contributed by atoms with Crippen molar-refractivity contribution in [3.05, 3.63) is 59.9 Å². The van der Waals surface area contributed by atoms with E-state index in [1.54, 1.807) is 19.1 Å². The van der Waals surface area contributed by atoms with E-state index in [2.05, 4.69) is 21.5 Å². The molecule has 23 heavy (non-hydrogen) atoms. The Morgan fingerprint density at radius 2 is 1.83 bits per heavy atom. The number of nitrogens with one attached hydrogen (secondary N) is 4. The molecule has 2 aromatic rings. The summed E-state index contributed by atoms with van der Waals surface area (Å²) < 4.78 is 13.4. The largest absolute Gasteiger partial charge is 0.376 e. The van der Waals surface area contributed by atoms with Crippen LogP contribution in [0.25, 0.3) is 0 Å². The number of para-hydroxylation sites is 1. The molecule has 0 spiro atoms. The summed E-state index contributed by atoms with van der Waals surface area (Å²) in [5.74, 6) is -0.609. The first-order valence-corrected chi connectivity index (χ1v) is 7.36. The number of thiocarbonyl (C=S) groups is 1. The number of hydrogen-bond acceptors (Lipinski definition) is 3. The van der Waals surface area contributed by atoms with Crippen molar-refractivity contribution in [1.82, 2.24) is 10.9 Å². The topological polar surface area (TPSA) is 65.2 Å². The highest BCUT2D eigenvalue weighted by atomic mass is 32.1. The van der Waals surface area contributed by atoms with Crippen LogP contribution in [-0.2, 0) is 4.79 Å². The van der Waals surface area contributed by atoms with E-state index in [4.69, 9.17) is 12.2 Å². The summed E-state index contributed by atoms with van der Waals surface area (Å²) in [4.78, 5) is 11.7. The molecule has 0 aliphatic heterocycles. The minimum atomic E-state index is -0.325. The van der Waals surface area contributed by atoms with E-state index in [0.717, 1.165) is 5.69 Å². The van der Waals surface area contributed by atoms with E-state index in [-0.39, 0.29) is 23.4 Å². The van der Waals surface area contributed by atoms with Gasteiger partial charge in [-0.05, 0) is 49.0 Å². The first-order valence-electron chi connectivity index (χ1n) is 6.95. The SMILES string of the molecule is Cc1ccc(NC(=S)NNC(=O)CNc2ccccc2)cc1F. The lowest BCUT2D eigenvalue weighted by atomic mass is 10.2. The molecular weight excluding hydrogens is 315 g/mol. The number of aryl methyl sites for hydroxylation is 1. The van der Waals surface area contributed by atoms with Gasteiger partial charge < -0.3 is 10.6 Å². The first kappa shape index (κ1) is 16.7. The van der Waals surface area contributed by atoms with E-state index in [1.165, 1.54) is 6.07 Å². The molecule has 120 valence electrons. The van der Waals surface area contributed by atoms with Gasteiger partial charge in [-0.2, -0.15) is 0 Å². The molecule has 0 fully saturated rings. The molecule has 5 nitrogen and oxygen atoms in total. The monoisotopic (exact) mass is 332 g/mol. The molecule has 0 saturated heterocycles. The molecule has 0 aliphatic rings. The quantitative estimate of drug-likeness (QED) is 0.512. The van der Waals surface area contributed by atoms with Crippen molar-refractivity contribution in [1.29, 1.82) is 0 Å². The molecule has 0 saturated carbocycles. The van der Waals surface area contributed by atoms with E-state index in [1.807, 2.05) is 30.3 Å². The van der Waals surface area contributed by atoms with Crippen molar-refractivity contribution in [3.63, 3.8) is 0 Å². The van der Waals surface area contributed by atoms with Gasteiger partial charge in [0, 0.05) is 11.4 Å². The predicted octanol–water partition coefficient (Wildman–Crippen LogP) is 2.56. The number of carbonyl (C=O) groups is 1. The average Bonchev–Trinajstić information content (AvgIpc) is 2.55. The first-order chi connectivity index (χ1) is 11.0. The Balaban J connectivity index is 1.73. The number of hydrazine groups is 1. The maximum atomic E-state index is 13.4. The number of benzene rings is 2. The molecule has 0 unspecified atom stereocenters. The van der Waals surface area contributed by atoms with Gasteiger partial charge >= 0.3 is 0 Å². The minimum Gasteiger partial charge on any atom is -0.376 e. The van der Waals surface area contributed by atoms with Crippen LogP contribution in [0.4, 0.5) is 15.8 Å². The second-order valence-corrected chi connectivity index (χ2v) is 5.22. The standard InChI is InChI=1S/C16H17FN4OS/c1-11-7-8-13(9-14(11)17)19-16(23)21-20-15(22)10-18-12-5-3-2-4-6-12/h2-9,18H,10H2,1H3,(H,20,22)(H2,19,21,23). The molecule has 0 atom stereocenters. The van der Waals surface area contributed by atoms with Gasteiger partial charge in [0.15, 0.2) is 5.11 Å². The van der Waals surface area contributed by atoms with Gasteiger partial charge in [-0.1, -0.05) is 24.3 Å². The molecule has 0 bridgehead atoms. The van der Waals surface area contributed by atoms with Gasteiger partial charge in [0.05, 0.1) is 6.54 Å². The van der Waals surface area contributed by atoms with Crippen molar-refractivity contribution < 1.29 is 9.18 Å². The van der Waals surface area contributed by atoms with Crippen molar-refractivity contribution in [2.45, 2.75) is 6.92 Å². The Hall–Kier alpha value is -2.67. The van der Waals surface area contributed by atoms with E-state index in [0.29, 0.717) is 11.3 Å². The highest BCUT2D eigenvalue weighted by Gasteiger charge is 2.04. The Bertz CT molecular complexity index is 694. The molecule has 7 heteroatoms. The third-order valence-corrected chi connectivity index (χ3v) is 3.18. The summed E-state index contributed by atoms with van der Waals surface area (Å²) >= 11 is 5.03. The van der Waals surface area contributed by atoms with Gasteiger partial charge in [-0.3, -0.25) is 15.6 Å². The van der Waals surface area contributed by atoms with Gasteiger partial charge in [-0.25, -0.2) is 4.39 Å². The molecule has 4 N–H and O–H groups in total. The van der Waals surface area contributed by atoms with Gasteiger partial charge in [0.2, 0.25) is 0 Å². The molecule has 2 aromatic carbocycles. The van der Waals surface area contributed by atoms with Crippen LogP contribution in [0.2, 0.25) is 0 Å². The number of amides is 1. The lowest BCUT2D eigenvalue weighted by molar-refractivity contribution is -0.119. The van der Waals surface area contributed by atoms with Gasteiger partial charge in [0.25, 0.3) is 5.91 Å². The normalized spacial score (nSPS) is 9.83. The third kappa shape index (κ3) is 5.55. The van der Waals surface area contributed by atoms with Crippen molar-refractivity contribution in [2.24, 2.45) is 0 Å². The number of halogens is 1. The smallest absolute Gasteiger partial charge is 0.257 e. The summed E-state index contributed by atoms with van der Waals surface area (Å²) in [7, 11) is 0. The second-order valence-electron chi connectivity index (χ2n) is 4.81. The van der Waals surface area contributed by atoms with Gasteiger partial charge in [0.1, 0.15) is 5.82 Å². The zero-order valence-electron chi connectivity index (χ0n) is 12.5. The Labute approximate surface area is 139 Å². The second kappa shape index (κ2) is 8.09. The van der Waals surface area contributed by atoms with E-state index < -0.39 is 0 Å². The summed E-state index contributed by atoms with van der Waals surface area (Å²) in [6.07, 6.45) is 0. The molecule has 0 aromatic heterocycles. The summed E-state index contributed by atoms with van der Waals surface area (Å²) in [5, 5.41) is 5.92. The fourth-order valence-electron chi connectivity index (χ4n) is 1.74. The van der Waals surface area contributed by atoms with Crippen molar-refractivity contribution in [2.75, 3.05) is 17.2 Å². The fraction of sp³-hybridized carbons (Fsp3) is 0.125. The lowest BCUT2D eigenvalue weighted by Crippen LogP contribution is -2.45. The molecule has 0 aliphatic carbocycles. The minimum absolute atomic E-state index is 0.0960. The number of carbonyl (C=O) groups excluding carboxylic acids is 1. The lowest BCUT2D eigenvalue weighted by Gasteiger charge is -2.12. The van der Waals surface area contributed by atoms with E-state index >= 15 is 0 Å². The Kier molecular flexibility index (Phi) is 5.87. The molecule has 0 heterocycles. The summed E-state index contributed by atoms with van der Waals surface area (Å²) in [6.45, 7) is 1.77. The van der Waals surface area contributed by atoms with Crippen LogP contribution in [0.1, 0.15) is 5.56 Å². The number of hydrogen-bond donors (Lipinski definition) is 4. The van der Waals surface area contributed by atoms with Crippen LogP contribution in [0.5, 0.6) is 0 Å². The highest BCUT2D eigenvalue weighted by Crippen LogP contribution is 2.13. The zero-order valence-corrected chi connectivity index (χ0v) is 13.3. The van der Waals surface area contributed by atoms with Crippen LogP contribution >= 0.6 is 12.2 Å². The average molecular weight is 332 g/mol. The number of anilines is 2. The third-order valence-electron chi connectivity index (χ3n) is 2.97. The maximum absolute atomic E-state index is 13.4. The Morgan fingerprint density at radius 1 is 1.09 bits per heavy atom. The summed E-state index contributed by atoms with van der Waals surface area (Å²) in [5.41, 5.74) is 6.91. The van der Waals surface area contributed by atoms with Crippen molar-refractivity contribution in [3.8, 4) is 0 Å². The van der Waals surface area contributed by atoms with Crippen molar-refractivity contribution >= 4 is 34.6 Å². The van der Waals surface area contributed by atoms with Crippen LogP contribution < -0.4 is 21.5 Å². The Morgan fingerprint density at radius 3 is 2.52 bits per heavy atom. The molecule has 1 amide bonds. The van der Waals surface area contributed by atoms with Crippen LogP contribution in [0.15, 0.2) is 48.5 Å². The van der Waals surface area contributed by atoms with Crippen LogP contribution in [0.3, 0.4) is 0 Å². The molecular formula is C16H17FN4OS. The van der Waals surface area contributed by atoms with Crippen LogP contribution in [-0.4, -0.2) is 17.6 Å². The van der Waals surface area contributed by atoms with Crippen LogP contribution in [0, 0.1) is 12.7 Å². The van der Waals surface area contributed by atoms with Gasteiger partial charge in [-0.15, -0.1) is 0 Å². The molecule has 2 rings (SSSR count). The predicted molar refractivity (Wildman–Crippen MR) is 93.6 cm³/mol. The molecule has 0 radical (unpaired) electrons. The fourth-order valence-corrected chi connectivity index (χ4v) is 1.91. The van der Waals surface area contributed by atoms with E-state index in [9.17, 15) is 9.18 Å². The highest BCUT2D eigenvalue weighted by molar-refractivity contribution is 7.80. The zero-order chi connectivity index (χ0) is 16.7. The number of rotatable bonds is 4. The summed E-state index contributed by atoms with van der Waals surface area (Å²) in [6, 6.07) is 14.0.